The maximum Gasteiger partial charge on any atom is 0.360 e. The van der Waals surface area contributed by atoms with Gasteiger partial charge in [0, 0.05) is 0 Å². The standard InChI is InChI=1S/C25H27F2NO/c1-2-3-19-8-12-23(13-9-19)24-14-10-22(11-15-24)18-29-25(26,27)16-20-4-6-21(17-28)7-5-20/h2-7,10-11,14-15,19,23H,8-9,12-13,16,18H2,1H3/b3-2+. The molecule has 2 aromatic carbocycles. The zero-order chi connectivity index (χ0) is 20.7. The molecule has 2 aromatic rings. The highest BCUT2D eigenvalue weighted by Gasteiger charge is 2.30. The molecule has 2 nitrogen and oxygen atoms in total. The Morgan fingerprint density at radius 1 is 1.00 bits per heavy atom. The van der Waals surface area contributed by atoms with E-state index in [-0.39, 0.29) is 6.61 Å². The van der Waals surface area contributed by atoms with Crippen molar-refractivity contribution in [3.8, 4) is 6.07 Å². The summed E-state index contributed by atoms with van der Waals surface area (Å²) >= 11 is 0. The number of nitrogens with zero attached hydrogens (tertiary/aromatic N) is 1. The Kier molecular flexibility index (Phi) is 7.17. The van der Waals surface area contributed by atoms with E-state index in [2.05, 4.69) is 31.2 Å². The number of benzene rings is 2. The first-order valence-electron chi connectivity index (χ1n) is 10.2. The lowest BCUT2D eigenvalue weighted by Crippen LogP contribution is -2.23. The van der Waals surface area contributed by atoms with E-state index in [9.17, 15) is 8.78 Å². The molecule has 0 aromatic heterocycles. The van der Waals surface area contributed by atoms with Crippen LogP contribution in [0.5, 0.6) is 0 Å². The summed E-state index contributed by atoms with van der Waals surface area (Å²) in [5, 5.41) is 8.78. The maximum absolute atomic E-state index is 14.2. The molecule has 0 atom stereocenters. The SMILES string of the molecule is C/C=C/C1CCC(c2ccc(COC(F)(F)Cc3ccc(C#N)cc3)cc2)CC1. The first-order chi connectivity index (χ1) is 14.0. The van der Waals surface area contributed by atoms with Crippen LogP contribution in [0.25, 0.3) is 0 Å². The fourth-order valence-corrected chi connectivity index (χ4v) is 3.98. The van der Waals surface area contributed by atoms with Gasteiger partial charge in [-0.3, -0.25) is 0 Å². The molecule has 0 heterocycles. The summed E-state index contributed by atoms with van der Waals surface area (Å²) in [5.74, 6) is 1.26. The van der Waals surface area contributed by atoms with Crippen LogP contribution in [0.2, 0.25) is 0 Å². The average molecular weight is 395 g/mol. The fraction of sp³-hybridized carbons (Fsp3) is 0.400. The minimum absolute atomic E-state index is 0.127. The van der Waals surface area contributed by atoms with Crippen molar-refractivity contribution in [3.63, 3.8) is 0 Å². The number of nitriles is 1. The van der Waals surface area contributed by atoms with Crippen LogP contribution >= 0.6 is 0 Å². The molecule has 1 saturated carbocycles. The molecular weight excluding hydrogens is 368 g/mol. The Morgan fingerprint density at radius 2 is 1.62 bits per heavy atom. The molecule has 0 spiro atoms. The largest absolute Gasteiger partial charge is 0.360 e. The van der Waals surface area contributed by atoms with E-state index in [0.717, 1.165) is 5.56 Å². The summed E-state index contributed by atoms with van der Waals surface area (Å²) in [6, 6.07) is 16.0. The van der Waals surface area contributed by atoms with Crippen LogP contribution in [0.4, 0.5) is 8.78 Å². The van der Waals surface area contributed by atoms with Crippen molar-refractivity contribution < 1.29 is 13.5 Å². The molecule has 1 aliphatic rings. The third-order valence-electron chi connectivity index (χ3n) is 5.63. The van der Waals surface area contributed by atoms with Gasteiger partial charge >= 0.3 is 6.11 Å². The van der Waals surface area contributed by atoms with Crippen LogP contribution in [0.15, 0.2) is 60.7 Å². The first-order valence-corrected chi connectivity index (χ1v) is 10.2. The molecule has 0 radical (unpaired) electrons. The van der Waals surface area contributed by atoms with Gasteiger partial charge in [-0.05, 0) is 73.3 Å². The molecule has 0 amide bonds. The number of hydrogen-bond donors (Lipinski definition) is 0. The van der Waals surface area contributed by atoms with Gasteiger partial charge in [0.15, 0.2) is 0 Å². The second kappa shape index (κ2) is 9.80. The van der Waals surface area contributed by atoms with E-state index < -0.39 is 12.5 Å². The highest BCUT2D eigenvalue weighted by molar-refractivity contribution is 5.32. The normalized spacial score (nSPS) is 19.9. The van der Waals surface area contributed by atoms with Gasteiger partial charge < -0.3 is 4.74 Å². The molecule has 0 N–H and O–H groups in total. The monoisotopic (exact) mass is 395 g/mol. The maximum atomic E-state index is 14.2. The van der Waals surface area contributed by atoms with E-state index >= 15 is 0 Å². The first kappa shape index (κ1) is 21.2. The minimum atomic E-state index is -3.25. The Bertz CT molecular complexity index is 842. The molecule has 152 valence electrons. The molecule has 1 aliphatic carbocycles. The fourth-order valence-electron chi connectivity index (χ4n) is 3.98. The Balaban J connectivity index is 1.51. The Labute approximate surface area is 171 Å². The van der Waals surface area contributed by atoms with Crippen LogP contribution < -0.4 is 0 Å². The molecule has 29 heavy (non-hydrogen) atoms. The molecule has 4 heteroatoms. The number of halogens is 2. The number of ether oxygens (including phenoxy) is 1. The van der Waals surface area contributed by atoms with Crippen molar-refractivity contribution >= 4 is 0 Å². The van der Waals surface area contributed by atoms with E-state index in [1.165, 1.54) is 55.5 Å². The average Bonchev–Trinajstić information content (AvgIpc) is 2.74. The summed E-state index contributed by atoms with van der Waals surface area (Å²) in [5.41, 5.74) is 2.93. The predicted molar refractivity (Wildman–Crippen MR) is 111 cm³/mol. The van der Waals surface area contributed by atoms with E-state index in [4.69, 9.17) is 10.00 Å². The summed E-state index contributed by atoms with van der Waals surface area (Å²) in [7, 11) is 0. The molecule has 0 unspecified atom stereocenters. The summed E-state index contributed by atoms with van der Waals surface area (Å²) in [6.45, 7) is 1.94. The Morgan fingerprint density at radius 3 is 2.21 bits per heavy atom. The predicted octanol–water partition coefficient (Wildman–Crippen LogP) is 6.76. The number of rotatable bonds is 7. The lowest BCUT2D eigenvalue weighted by atomic mass is 9.78. The summed E-state index contributed by atoms with van der Waals surface area (Å²) in [4.78, 5) is 0. The van der Waals surface area contributed by atoms with Crippen molar-refractivity contribution in [3.05, 3.63) is 82.9 Å². The summed E-state index contributed by atoms with van der Waals surface area (Å²) < 4.78 is 33.2. The van der Waals surface area contributed by atoms with Crippen molar-refractivity contribution in [2.75, 3.05) is 0 Å². The van der Waals surface area contributed by atoms with Gasteiger partial charge in [0.05, 0.1) is 24.7 Å². The van der Waals surface area contributed by atoms with Crippen molar-refractivity contribution in [1.82, 2.24) is 0 Å². The highest BCUT2D eigenvalue weighted by Crippen LogP contribution is 2.36. The highest BCUT2D eigenvalue weighted by atomic mass is 19.3. The zero-order valence-corrected chi connectivity index (χ0v) is 16.8. The van der Waals surface area contributed by atoms with Gasteiger partial charge in [-0.1, -0.05) is 48.6 Å². The molecular formula is C25H27F2NO. The van der Waals surface area contributed by atoms with Crippen LogP contribution in [0.1, 0.15) is 60.8 Å². The third kappa shape index (κ3) is 6.24. The van der Waals surface area contributed by atoms with Crippen molar-refractivity contribution in [1.29, 1.82) is 5.26 Å². The van der Waals surface area contributed by atoms with E-state index in [0.29, 0.717) is 23.0 Å². The molecule has 0 bridgehead atoms. The van der Waals surface area contributed by atoms with Gasteiger partial charge in [0.2, 0.25) is 0 Å². The van der Waals surface area contributed by atoms with Crippen LogP contribution in [-0.4, -0.2) is 6.11 Å². The van der Waals surface area contributed by atoms with E-state index in [1.54, 1.807) is 0 Å². The molecule has 0 aliphatic heterocycles. The van der Waals surface area contributed by atoms with Gasteiger partial charge in [-0.25, -0.2) is 0 Å². The lowest BCUT2D eigenvalue weighted by Gasteiger charge is -2.27. The van der Waals surface area contributed by atoms with Crippen LogP contribution in [0, 0.1) is 17.2 Å². The molecule has 3 rings (SSSR count). The van der Waals surface area contributed by atoms with Crippen molar-refractivity contribution in [2.24, 2.45) is 5.92 Å². The van der Waals surface area contributed by atoms with Crippen molar-refractivity contribution in [2.45, 2.75) is 57.7 Å². The Hall–Kier alpha value is -2.51. The number of alkyl halides is 2. The van der Waals surface area contributed by atoms with Gasteiger partial charge in [0.1, 0.15) is 0 Å². The minimum Gasteiger partial charge on any atom is -0.315 e. The molecule has 0 saturated heterocycles. The van der Waals surface area contributed by atoms with Crippen LogP contribution in [-0.2, 0) is 17.8 Å². The third-order valence-corrected chi connectivity index (χ3v) is 5.63. The van der Waals surface area contributed by atoms with Gasteiger partial charge in [-0.15, -0.1) is 0 Å². The molecule has 1 fully saturated rings. The van der Waals surface area contributed by atoms with Crippen LogP contribution in [0.3, 0.4) is 0 Å². The quantitative estimate of drug-likeness (QED) is 0.485. The smallest absolute Gasteiger partial charge is 0.315 e. The second-order valence-corrected chi connectivity index (χ2v) is 7.79. The topological polar surface area (TPSA) is 33.0 Å². The number of hydrogen-bond acceptors (Lipinski definition) is 2. The zero-order valence-electron chi connectivity index (χ0n) is 16.8. The lowest BCUT2D eigenvalue weighted by molar-refractivity contribution is -0.244. The second-order valence-electron chi connectivity index (χ2n) is 7.79. The van der Waals surface area contributed by atoms with E-state index in [1.807, 2.05) is 18.2 Å². The van der Waals surface area contributed by atoms with Gasteiger partial charge in [-0.2, -0.15) is 14.0 Å². The summed E-state index contributed by atoms with van der Waals surface area (Å²) in [6.07, 6.45) is 5.44. The van der Waals surface area contributed by atoms with Gasteiger partial charge in [0.25, 0.3) is 0 Å². The number of allylic oxidation sites excluding steroid dienone is 2.